The second-order valence-corrected chi connectivity index (χ2v) is 12.7. The zero-order valence-electron chi connectivity index (χ0n) is 33.4. The molecule has 1 heterocycles. The number of carbonyl (C=O) groups is 3. The number of Topliss-reactive ketones (excluding diaryl/α,β-unsaturated/α-hetero) is 1. The highest BCUT2D eigenvalue weighted by molar-refractivity contribution is 6.01. The lowest BCUT2D eigenvalue weighted by Crippen LogP contribution is -2.63. The largest absolute Gasteiger partial charge is 0.457 e. The van der Waals surface area contributed by atoms with Crippen LogP contribution < -0.4 is 0 Å². The van der Waals surface area contributed by atoms with Gasteiger partial charge in [-0.05, 0) is 62.5 Å². The van der Waals surface area contributed by atoms with E-state index in [2.05, 4.69) is 0 Å². The highest BCUT2D eigenvalue weighted by atomic mass is 16.7. The Balaban J connectivity index is 1.42. The summed E-state index contributed by atoms with van der Waals surface area (Å²) in [5.74, 6) is -9.82. The smallest absolute Gasteiger partial charge is 0.308 e. The third-order valence-electron chi connectivity index (χ3n) is 10.9. The van der Waals surface area contributed by atoms with Crippen molar-refractivity contribution in [2.45, 2.75) is 109 Å². The van der Waals surface area contributed by atoms with Crippen molar-refractivity contribution in [3.05, 3.63) is 23.8 Å². The van der Waals surface area contributed by atoms with Crippen molar-refractivity contribution in [1.29, 1.82) is 0 Å². The molecule has 5 aliphatic carbocycles. The van der Waals surface area contributed by atoms with E-state index in [-0.39, 0.29) is 36.8 Å². The summed E-state index contributed by atoms with van der Waals surface area (Å²) in [4.78, 5) is 40.6. The van der Waals surface area contributed by atoms with Gasteiger partial charge >= 0.3 is 5.97 Å². The zero-order chi connectivity index (χ0) is 37.2. The number of esters is 1. The zero-order valence-corrected chi connectivity index (χ0v) is 22.4. The van der Waals surface area contributed by atoms with E-state index in [0.717, 1.165) is 32.1 Å². The van der Waals surface area contributed by atoms with Crippen LogP contribution in [0.4, 0.5) is 0 Å². The summed E-state index contributed by atoms with van der Waals surface area (Å²) in [6, 6.07) is -0.598. The molecule has 6 aliphatic rings. The van der Waals surface area contributed by atoms with Crippen LogP contribution in [0.3, 0.4) is 0 Å². The number of ketones is 2. The van der Waals surface area contributed by atoms with Gasteiger partial charge < -0.3 is 19.3 Å². The number of allylic oxidation sites excluding steroid dienone is 4. The normalized spacial score (nSPS) is 51.2. The number of carbonyl (C=O) groups excluding carboxylic acids is 3. The highest BCUT2D eigenvalue weighted by Gasteiger charge is 2.76. The Hall–Kier alpha value is -1.83. The van der Waals surface area contributed by atoms with E-state index in [9.17, 15) is 19.5 Å². The van der Waals surface area contributed by atoms with Gasteiger partial charge in [-0.3, -0.25) is 14.4 Å². The average Bonchev–Trinajstić information content (AvgIpc) is 3.50. The van der Waals surface area contributed by atoms with E-state index in [1.807, 2.05) is 0 Å². The fourth-order valence-electron chi connectivity index (χ4n) is 9.15. The van der Waals surface area contributed by atoms with E-state index in [1.165, 1.54) is 6.08 Å². The lowest BCUT2D eigenvalue weighted by Gasteiger charge is -2.59. The topological polar surface area (TPSA) is 99.1 Å². The molecule has 214 valence electrons. The molecule has 0 amide bonds. The average molecular weight is 552 g/mol. The summed E-state index contributed by atoms with van der Waals surface area (Å²) in [5.41, 5.74) is -4.01. The molecule has 9 atom stereocenters. The van der Waals surface area contributed by atoms with Crippen molar-refractivity contribution in [3.63, 3.8) is 0 Å². The van der Waals surface area contributed by atoms with Crippen molar-refractivity contribution in [2.24, 2.45) is 40.4 Å². The summed E-state index contributed by atoms with van der Waals surface area (Å²) in [7, 11) is 0. The van der Waals surface area contributed by atoms with Gasteiger partial charge in [0.25, 0.3) is 0 Å². The monoisotopic (exact) mass is 551 g/mol. The van der Waals surface area contributed by atoms with Crippen LogP contribution in [0.15, 0.2) is 23.8 Å². The maximum atomic E-state index is 14.8. The number of fused-ring (bicyclic) bond motifs is 7. The minimum Gasteiger partial charge on any atom is -0.457 e. The molecule has 0 unspecified atom stereocenters. The van der Waals surface area contributed by atoms with E-state index < -0.39 is 90.5 Å². The fraction of sp³-hybridized carbons (Fsp3) is 0.781. The Morgan fingerprint density at radius 1 is 1.28 bits per heavy atom. The fourth-order valence-corrected chi connectivity index (χ4v) is 9.15. The maximum Gasteiger partial charge on any atom is 0.308 e. The molecule has 0 spiro atoms. The first-order valence-electron chi connectivity index (χ1n) is 19.6. The molecule has 4 saturated carbocycles. The Morgan fingerprint density at radius 3 is 2.79 bits per heavy atom. The van der Waals surface area contributed by atoms with Crippen molar-refractivity contribution in [3.8, 4) is 0 Å². The second kappa shape index (κ2) is 9.63. The van der Waals surface area contributed by atoms with Gasteiger partial charge in [-0.2, -0.15) is 0 Å². The van der Waals surface area contributed by atoms with Gasteiger partial charge in [-0.15, -0.1) is 0 Å². The van der Waals surface area contributed by atoms with Crippen molar-refractivity contribution < 1.29 is 48.8 Å². The van der Waals surface area contributed by atoms with Crippen LogP contribution in [0.5, 0.6) is 0 Å². The summed E-state index contributed by atoms with van der Waals surface area (Å²) >= 11 is 0. The van der Waals surface area contributed by atoms with Crippen LogP contribution in [-0.2, 0) is 28.6 Å². The lowest BCUT2D eigenvalue weighted by molar-refractivity contribution is -0.210. The molecule has 1 saturated heterocycles. The molecule has 7 heteroatoms. The minimum atomic E-state index is -3.91. The third-order valence-corrected chi connectivity index (χ3v) is 10.9. The van der Waals surface area contributed by atoms with Gasteiger partial charge in [0.1, 0.15) is 0 Å². The number of hydrogen-bond acceptors (Lipinski definition) is 7. The second-order valence-electron chi connectivity index (χ2n) is 12.7. The molecular weight excluding hydrogens is 496 g/mol. The molecule has 5 fully saturated rings. The molecule has 0 aromatic carbocycles. The quantitative estimate of drug-likeness (QED) is 0.494. The van der Waals surface area contributed by atoms with Crippen LogP contribution in [0.1, 0.15) is 100 Å². The summed E-state index contributed by atoms with van der Waals surface area (Å²) < 4.78 is 106. The van der Waals surface area contributed by atoms with Gasteiger partial charge in [0.15, 0.2) is 24.2 Å². The van der Waals surface area contributed by atoms with Crippen molar-refractivity contribution in [2.75, 3.05) is 6.56 Å². The van der Waals surface area contributed by atoms with Gasteiger partial charge in [0.2, 0.25) is 5.78 Å². The molecule has 0 radical (unpaired) electrons. The summed E-state index contributed by atoms with van der Waals surface area (Å²) in [5, 5.41) is 12.0. The minimum absolute atomic E-state index is 0.135. The molecule has 39 heavy (non-hydrogen) atoms. The van der Waals surface area contributed by atoms with Crippen LogP contribution in [-0.4, -0.2) is 53.3 Å². The number of aliphatic hydroxyl groups excluding tert-OH is 1. The summed E-state index contributed by atoms with van der Waals surface area (Å²) in [6.45, 7) is -7.74. The number of hydrogen-bond donors (Lipinski definition) is 1. The SMILES string of the molecule is [2H]C1=C[C@@]2(C)C(=C([2H])C1=O)CC[C@@H]1[C@@H]2[C@@H](O)C[C@@]2(C)[C@H]1C[C@H]1O[C@@H](C3CCCCC3)O[C@]12C(=O)C([2H])([2H])OC(=O)C([2H])(C([2H])([2H])[2H])C([2H])([2H])[2H]. The lowest BCUT2D eigenvalue weighted by atomic mass is 9.46. The Morgan fingerprint density at radius 2 is 2.05 bits per heavy atom. The molecule has 0 aromatic rings. The predicted octanol–water partition coefficient (Wildman–Crippen LogP) is 4.70. The van der Waals surface area contributed by atoms with Crippen LogP contribution in [0.25, 0.3) is 0 Å². The van der Waals surface area contributed by atoms with Crippen LogP contribution in [0, 0.1) is 40.4 Å². The maximum absolute atomic E-state index is 14.8. The molecule has 7 nitrogen and oxygen atoms in total. The Bertz CT molecular complexity index is 1520. The van der Waals surface area contributed by atoms with Crippen LogP contribution in [0.2, 0.25) is 0 Å². The number of rotatable bonds is 5. The van der Waals surface area contributed by atoms with Gasteiger partial charge in [-0.1, -0.05) is 58.5 Å². The van der Waals surface area contributed by atoms with Gasteiger partial charge in [0.05, 0.1) is 23.6 Å². The summed E-state index contributed by atoms with van der Waals surface area (Å²) in [6.07, 6.45) is 3.26. The number of aliphatic hydroxyl groups is 1. The molecular formula is C32H44O7. The predicted molar refractivity (Wildman–Crippen MR) is 143 cm³/mol. The highest BCUT2D eigenvalue weighted by Crippen LogP contribution is 2.70. The Kier molecular flexibility index (Phi) is 4.25. The van der Waals surface area contributed by atoms with E-state index in [0.29, 0.717) is 18.4 Å². The van der Waals surface area contributed by atoms with Crippen LogP contribution >= 0.6 is 0 Å². The molecule has 6 rings (SSSR count). The standard InChI is InChI=1S/C32H44O7/c1-18(2)28(36)37-17-25(35)32-26(38-29(39-32)19-8-6-5-7-9-19)15-23-22-11-10-20-14-21(33)12-13-30(20,3)27(22)24(34)16-31(23,32)4/h12-14,18-19,22-24,26-27,29,34H,5-11,15-17H2,1-4H3/t22-,23-,24-,26+,27+,29+,30-,31-,32+/m0/s1/i1D3,2D3,12D,14D,17D2,18D. The van der Waals surface area contributed by atoms with Gasteiger partial charge in [0, 0.05) is 32.3 Å². The van der Waals surface area contributed by atoms with E-state index >= 15 is 0 Å². The first-order valence-corrected chi connectivity index (χ1v) is 14.1. The Labute approximate surface area is 247 Å². The molecule has 0 aromatic heterocycles. The van der Waals surface area contributed by atoms with E-state index in [4.69, 9.17) is 29.3 Å². The molecule has 1 aliphatic heterocycles. The molecule has 1 N–H and O–H groups in total. The van der Waals surface area contributed by atoms with Crippen molar-refractivity contribution in [1.82, 2.24) is 0 Å². The third kappa shape index (κ3) is 3.97. The first kappa shape index (κ1) is 17.2. The first-order chi connectivity index (χ1) is 22.9. The van der Waals surface area contributed by atoms with E-state index in [1.54, 1.807) is 13.8 Å². The number of ether oxygens (including phenoxy) is 3. The van der Waals surface area contributed by atoms with Gasteiger partial charge in [-0.25, -0.2) is 0 Å². The molecule has 0 bridgehead atoms. The van der Waals surface area contributed by atoms with Crippen molar-refractivity contribution >= 4 is 17.5 Å².